The Labute approximate surface area is 57.4 Å². The first-order valence-corrected chi connectivity index (χ1v) is 3.85. The van der Waals surface area contributed by atoms with Gasteiger partial charge >= 0.3 is 0 Å². The van der Waals surface area contributed by atoms with E-state index in [2.05, 4.69) is 20.8 Å². The summed E-state index contributed by atoms with van der Waals surface area (Å²) in [6.07, 6.45) is 3.57. The van der Waals surface area contributed by atoms with E-state index in [9.17, 15) is 0 Å². The van der Waals surface area contributed by atoms with Crippen LogP contribution in [0.2, 0.25) is 0 Å². The van der Waals surface area contributed by atoms with Crippen molar-refractivity contribution in [1.29, 1.82) is 0 Å². The van der Waals surface area contributed by atoms with Gasteiger partial charge in [-0.1, -0.05) is 13.8 Å². The van der Waals surface area contributed by atoms with Crippen molar-refractivity contribution in [3.63, 3.8) is 0 Å². The van der Waals surface area contributed by atoms with Crippen LogP contribution in [0, 0.1) is 5.92 Å². The highest BCUT2D eigenvalue weighted by molar-refractivity contribution is 4.72. The van der Waals surface area contributed by atoms with Crippen LogP contribution >= 0.6 is 0 Å². The number of rotatable bonds is 1. The van der Waals surface area contributed by atoms with Crippen molar-refractivity contribution in [3.8, 4) is 0 Å². The van der Waals surface area contributed by atoms with Gasteiger partial charge in [-0.2, -0.15) is 0 Å². The van der Waals surface area contributed by atoms with Crippen LogP contribution < -0.4 is 0 Å². The second-order valence-corrected chi connectivity index (χ2v) is 3.31. The van der Waals surface area contributed by atoms with E-state index in [4.69, 9.17) is 4.74 Å². The standard InChI is InChI=1S/C8H16O/c1-6(2)8-5-4-7(3)9-8/h6-8H,4-5H2,1-3H3. The second-order valence-electron chi connectivity index (χ2n) is 3.31. The Kier molecular flexibility index (Phi) is 2.12. The first-order chi connectivity index (χ1) is 4.20. The van der Waals surface area contributed by atoms with E-state index < -0.39 is 0 Å². The van der Waals surface area contributed by atoms with Gasteiger partial charge in [-0.15, -0.1) is 0 Å². The minimum Gasteiger partial charge on any atom is -0.375 e. The Morgan fingerprint density at radius 1 is 1.33 bits per heavy atom. The molecule has 9 heavy (non-hydrogen) atoms. The molecule has 1 nitrogen and oxygen atoms in total. The summed E-state index contributed by atoms with van der Waals surface area (Å²) < 4.78 is 5.62. The lowest BCUT2D eigenvalue weighted by Gasteiger charge is -2.13. The first kappa shape index (κ1) is 7.07. The van der Waals surface area contributed by atoms with Crippen LogP contribution in [0.4, 0.5) is 0 Å². The van der Waals surface area contributed by atoms with Crippen molar-refractivity contribution >= 4 is 0 Å². The molecular formula is C8H16O. The SMILES string of the molecule is CC1CCC(C(C)C)O1. The molecular weight excluding hydrogens is 112 g/mol. The zero-order valence-corrected chi connectivity index (χ0v) is 6.55. The molecule has 0 amide bonds. The third-order valence-electron chi connectivity index (χ3n) is 2.01. The quantitative estimate of drug-likeness (QED) is 0.526. The molecule has 1 heterocycles. The zero-order chi connectivity index (χ0) is 6.85. The third-order valence-corrected chi connectivity index (χ3v) is 2.01. The molecule has 1 aliphatic heterocycles. The fraction of sp³-hybridized carbons (Fsp3) is 1.00. The van der Waals surface area contributed by atoms with Crippen LogP contribution in [-0.4, -0.2) is 12.2 Å². The van der Waals surface area contributed by atoms with Crippen LogP contribution in [0.1, 0.15) is 33.6 Å². The molecule has 0 bridgehead atoms. The summed E-state index contributed by atoms with van der Waals surface area (Å²) >= 11 is 0. The molecule has 1 fully saturated rings. The maximum Gasteiger partial charge on any atom is 0.0602 e. The highest BCUT2D eigenvalue weighted by atomic mass is 16.5. The van der Waals surface area contributed by atoms with Gasteiger partial charge in [0.25, 0.3) is 0 Å². The van der Waals surface area contributed by atoms with Gasteiger partial charge < -0.3 is 4.74 Å². The van der Waals surface area contributed by atoms with Crippen LogP contribution in [0.15, 0.2) is 0 Å². The van der Waals surface area contributed by atoms with Gasteiger partial charge in [0.2, 0.25) is 0 Å². The van der Waals surface area contributed by atoms with Gasteiger partial charge in [0, 0.05) is 0 Å². The van der Waals surface area contributed by atoms with Crippen molar-refractivity contribution < 1.29 is 4.74 Å². The Morgan fingerprint density at radius 2 is 2.00 bits per heavy atom. The lowest BCUT2D eigenvalue weighted by atomic mass is 10.0. The van der Waals surface area contributed by atoms with Crippen LogP contribution in [-0.2, 0) is 4.74 Å². The largest absolute Gasteiger partial charge is 0.375 e. The maximum absolute atomic E-state index is 5.62. The van der Waals surface area contributed by atoms with E-state index in [0.29, 0.717) is 18.1 Å². The van der Waals surface area contributed by atoms with E-state index in [1.807, 2.05) is 0 Å². The van der Waals surface area contributed by atoms with E-state index in [1.165, 1.54) is 12.8 Å². The molecule has 1 aliphatic rings. The van der Waals surface area contributed by atoms with Crippen molar-refractivity contribution in [2.24, 2.45) is 5.92 Å². The van der Waals surface area contributed by atoms with Crippen molar-refractivity contribution in [3.05, 3.63) is 0 Å². The van der Waals surface area contributed by atoms with Crippen LogP contribution in [0.5, 0.6) is 0 Å². The summed E-state index contributed by atoms with van der Waals surface area (Å²) in [4.78, 5) is 0. The molecule has 0 aliphatic carbocycles. The fourth-order valence-electron chi connectivity index (χ4n) is 1.32. The summed E-state index contributed by atoms with van der Waals surface area (Å²) in [5.41, 5.74) is 0. The average molecular weight is 128 g/mol. The topological polar surface area (TPSA) is 9.23 Å². The summed E-state index contributed by atoms with van der Waals surface area (Å²) in [7, 11) is 0. The normalized spacial score (nSPS) is 36.0. The van der Waals surface area contributed by atoms with Crippen molar-refractivity contribution in [2.75, 3.05) is 0 Å². The third kappa shape index (κ3) is 1.68. The second kappa shape index (κ2) is 2.70. The van der Waals surface area contributed by atoms with Gasteiger partial charge in [-0.25, -0.2) is 0 Å². The molecule has 1 saturated heterocycles. The number of ether oxygens (including phenoxy) is 1. The molecule has 0 aromatic heterocycles. The highest BCUT2D eigenvalue weighted by Gasteiger charge is 2.23. The molecule has 54 valence electrons. The summed E-state index contributed by atoms with van der Waals surface area (Å²) in [5.74, 6) is 0.704. The van der Waals surface area contributed by atoms with E-state index >= 15 is 0 Å². The molecule has 0 N–H and O–H groups in total. The molecule has 0 aromatic carbocycles. The Balaban J connectivity index is 2.30. The predicted molar refractivity (Wildman–Crippen MR) is 38.4 cm³/mol. The lowest BCUT2D eigenvalue weighted by Crippen LogP contribution is -2.14. The van der Waals surface area contributed by atoms with Crippen LogP contribution in [0.3, 0.4) is 0 Å². The van der Waals surface area contributed by atoms with E-state index in [1.54, 1.807) is 0 Å². The van der Waals surface area contributed by atoms with E-state index in [0.717, 1.165) is 0 Å². The minimum atomic E-state index is 0.511. The van der Waals surface area contributed by atoms with Gasteiger partial charge in [0.05, 0.1) is 12.2 Å². The molecule has 0 saturated carbocycles. The summed E-state index contributed by atoms with van der Waals surface area (Å²) in [5, 5.41) is 0. The van der Waals surface area contributed by atoms with Gasteiger partial charge in [0.1, 0.15) is 0 Å². The van der Waals surface area contributed by atoms with Gasteiger partial charge in [-0.05, 0) is 25.7 Å². The fourth-order valence-corrected chi connectivity index (χ4v) is 1.32. The maximum atomic E-state index is 5.62. The summed E-state index contributed by atoms with van der Waals surface area (Å²) in [6, 6.07) is 0. The lowest BCUT2D eigenvalue weighted by molar-refractivity contribution is 0.0288. The number of hydrogen-bond donors (Lipinski definition) is 0. The molecule has 1 heteroatoms. The molecule has 2 unspecified atom stereocenters. The molecule has 0 aromatic rings. The molecule has 2 atom stereocenters. The smallest absolute Gasteiger partial charge is 0.0602 e. The van der Waals surface area contributed by atoms with Gasteiger partial charge in [0.15, 0.2) is 0 Å². The van der Waals surface area contributed by atoms with Crippen molar-refractivity contribution in [2.45, 2.75) is 45.8 Å². The highest BCUT2D eigenvalue weighted by Crippen LogP contribution is 2.24. The Bertz CT molecular complexity index is 88.6. The predicted octanol–water partition coefficient (Wildman–Crippen LogP) is 2.21. The van der Waals surface area contributed by atoms with Gasteiger partial charge in [-0.3, -0.25) is 0 Å². The monoisotopic (exact) mass is 128 g/mol. The molecule has 0 spiro atoms. The molecule has 1 rings (SSSR count). The average Bonchev–Trinajstić information content (AvgIpc) is 2.14. The zero-order valence-electron chi connectivity index (χ0n) is 6.55. The Hall–Kier alpha value is -0.0400. The summed E-state index contributed by atoms with van der Waals surface area (Å²) in [6.45, 7) is 6.60. The first-order valence-electron chi connectivity index (χ1n) is 3.85. The molecule has 0 radical (unpaired) electrons. The Morgan fingerprint density at radius 3 is 2.22 bits per heavy atom. The van der Waals surface area contributed by atoms with Crippen LogP contribution in [0.25, 0.3) is 0 Å². The number of hydrogen-bond acceptors (Lipinski definition) is 1. The van der Waals surface area contributed by atoms with E-state index in [-0.39, 0.29) is 0 Å². The van der Waals surface area contributed by atoms with Crippen molar-refractivity contribution in [1.82, 2.24) is 0 Å². The minimum absolute atomic E-state index is 0.511.